The van der Waals surface area contributed by atoms with Crippen LogP contribution < -0.4 is 15.5 Å². The molecule has 1 amide bonds. The summed E-state index contributed by atoms with van der Waals surface area (Å²) in [6.45, 7) is 2.45. The highest BCUT2D eigenvalue weighted by molar-refractivity contribution is 6.31. The number of hydrogen-bond donors (Lipinski definition) is 2. The van der Waals surface area contributed by atoms with Gasteiger partial charge in [0.2, 0.25) is 11.9 Å². The molecule has 0 atom stereocenters. The fraction of sp³-hybridized carbons (Fsp3) is 0.280. The van der Waals surface area contributed by atoms with E-state index in [0.717, 1.165) is 54.0 Å². The van der Waals surface area contributed by atoms with Crippen LogP contribution in [0.4, 0.5) is 11.8 Å². The molecule has 1 aliphatic rings. The molecule has 4 heterocycles. The number of furan rings is 1. The lowest BCUT2D eigenvalue weighted by atomic mass is 9.95. The summed E-state index contributed by atoms with van der Waals surface area (Å²) in [5.41, 5.74) is 1.80. The lowest BCUT2D eigenvalue weighted by Gasteiger charge is -2.32. The van der Waals surface area contributed by atoms with Crippen LogP contribution in [-0.4, -0.2) is 33.9 Å². The first-order valence-corrected chi connectivity index (χ1v) is 11.7. The molecule has 0 saturated carbocycles. The van der Waals surface area contributed by atoms with Crippen LogP contribution in [0.3, 0.4) is 0 Å². The van der Waals surface area contributed by atoms with Gasteiger partial charge in [-0.2, -0.15) is 0 Å². The Balaban J connectivity index is 1.22. The third-order valence-corrected chi connectivity index (χ3v) is 6.43. The van der Waals surface area contributed by atoms with Gasteiger partial charge >= 0.3 is 0 Å². The number of amides is 1. The Morgan fingerprint density at radius 1 is 1.09 bits per heavy atom. The first kappa shape index (κ1) is 22.2. The Morgan fingerprint density at radius 2 is 1.94 bits per heavy atom. The molecule has 0 unspecified atom stereocenters. The number of rotatable bonds is 7. The maximum Gasteiger partial charge on any atom is 0.223 e. The van der Waals surface area contributed by atoms with Crippen LogP contribution in [0.2, 0.25) is 5.02 Å². The molecule has 0 spiro atoms. The quantitative estimate of drug-likeness (QED) is 0.407. The first-order valence-electron chi connectivity index (χ1n) is 11.3. The molecular weight excluding hydrogens is 452 g/mol. The second kappa shape index (κ2) is 10.1. The summed E-state index contributed by atoms with van der Waals surface area (Å²) in [5, 5.41) is 7.82. The highest BCUT2D eigenvalue weighted by Crippen LogP contribution is 2.28. The van der Waals surface area contributed by atoms with Crippen molar-refractivity contribution in [3.63, 3.8) is 0 Å². The van der Waals surface area contributed by atoms with Gasteiger partial charge in [-0.1, -0.05) is 29.8 Å². The molecule has 2 N–H and O–H groups in total. The average molecular weight is 477 g/mol. The molecule has 0 bridgehead atoms. The number of piperidine rings is 1. The van der Waals surface area contributed by atoms with Gasteiger partial charge in [-0.15, -0.1) is 0 Å². The van der Waals surface area contributed by atoms with Crippen LogP contribution >= 0.6 is 11.6 Å². The zero-order valence-electron chi connectivity index (χ0n) is 18.6. The van der Waals surface area contributed by atoms with E-state index in [1.807, 2.05) is 48.7 Å². The Morgan fingerprint density at radius 3 is 2.74 bits per heavy atom. The molecule has 0 aliphatic carbocycles. The number of benzene rings is 1. The summed E-state index contributed by atoms with van der Waals surface area (Å²) < 4.78 is 5.28. The fourth-order valence-electron chi connectivity index (χ4n) is 4.18. The van der Waals surface area contributed by atoms with E-state index < -0.39 is 0 Å². The highest BCUT2D eigenvalue weighted by atomic mass is 35.5. The van der Waals surface area contributed by atoms with Crippen molar-refractivity contribution in [2.45, 2.75) is 25.9 Å². The predicted molar refractivity (Wildman–Crippen MR) is 132 cm³/mol. The van der Waals surface area contributed by atoms with Gasteiger partial charge in [0.25, 0.3) is 0 Å². The van der Waals surface area contributed by atoms with Crippen molar-refractivity contribution in [1.29, 1.82) is 0 Å². The molecule has 1 aromatic carbocycles. The zero-order valence-corrected chi connectivity index (χ0v) is 19.3. The number of nitrogens with one attached hydrogen (secondary N) is 2. The van der Waals surface area contributed by atoms with E-state index in [9.17, 15) is 4.79 Å². The van der Waals surface area contributed by atoms with Gasteiger partial charge in [-0.05, 0) is 42.7 Å². The van der Waals surface area contributed by atoms with Crippen molar-refractivity contribution in [3.05, 3.63) is 77.5 Å². The van der Waals surface area contributed by atoms with Gasteiger partial charge in [0.15, 0.2) is 0 Å². The molecular formula is C25H25ClN6O2. The largest absolute Gasteiger partial charge is 0.467 e. The Bertz CT molecular complexity index is 1270. The molecule has 1 fully saturated rings. The van der Waals surface area contributed by atoms with Crippen LogP contribution in [-0.2, 0) is 17.9 Å². The minimum atomic E-state index is -0.0157. The molecule has 9 heteroatoms. The van der Waals surface area contributed by atoms with E-state index in [-0.39, 0.29) is 11.8 Å². The molecule has 0 radical (unpaired) electrons. The van der Waals surface area contributed by atoms with E-state index in [0.29, 0.717) is 24.1 Å². The predicted octanol–water partition coefficient (Wildman–Crippen LogP) is 4.42. The molecule has 5 rings (SSSR count). The number of fused-ring (bicyclic) bond motifs is 1. The zero-order chi connectivity index (χ0) is 23.3. The normalized spacial score (nSPS) is 14.3. The van der Waals surface area contributed by atoms with Crippen molar-refractivity contribution < 1.29 is 9.21 Å². The summed E-state index contributed by atoms with van der Waals surface area (Å²) in [5.74, 6) is 2.20. The summed E-state index contributed by atoms with van der Waals surface area (Å²) in [6.07, 6.45) is 6.71. The molecule has 34 heavy (non-hydrogen) atoms. The molecule has 1 aliphatic heterocycles. The molecule has 174 valence electrons. The van der Waals surface area contributed by atoms with Crippen LogP contribution in [0.25, 0.3) is 10.9 Å². The Hall–Kier alpha value is -3.65. The fourth-order valence-corrected chi connectivity index (χ4v) is 4.38. The second-order valence-corrected chi connectivity index (χ2v) is 8.67. The SMILES string of the molecule is O=C(NCc1ccco1)C1CCN(c2nccc3nc(NCc4ccccc4Cl)ncc23)CC1. The molecule has 1 saturated heterocycles. The first-order chi connectivity index (χ1) is 16.7. The number of carbonyl (C=O) groups is 1. The Labute approximate surface area is 202 Å². The number of anilines is 2. The van der Waals surface area contributed by atoms with Crippen LogP contribution in [0, 0.1) is 5.92 Å². The summed E-state index contributed by atoms with van der Waals surface area (Å²) in [7, 11) is 0. The van der Waals surface area contributed by atoms with Crippen molar-refractivity contribution in [3.8, 4) is 0 Å². The standard InChI is InChI=1S/C25H25ClN6O2/c26-21-6-2-1-4-18(21)14-29-25-30-16-20-22(31-25)7-10-27-23(20)32-11-8-17(9-12-32)24(33)28-15-19-5-3-13-34-19/h1-7,10,13,16-17H,8-9,11-12,14-15H2,(H,28,33)(H,29,30,31). The van der Waals surface area contributed by atoms with Gasteiger partial charge in [-0.25, -0.2) is 15.0 Å². The number of halogens is 1. The van der Waals surface area contributed by atoms with Gasteiger partial charge in [0.05, 0.1) is 23.7 Å². The van der Waals surface area contributed by atoms with Gasteiger partial charge in [0.1, 0.15) is 11.6 Å². The van der Waals surface area contributed by atoms with Crippen LogP contribution in [0.15, 0.2) is 65.5 Å². The van der Waals surface area contributed by atoms with E-state index >= 15 is 0 Å². The Kier molecular flexibility index (Phi) is 6.58. The van der Waals surface area contributed by atoms with Crippen molar-refractivity contribution >= 4 is 40.2 Å². The lowest BCUT2D eigenvalue weighted by Crippen LogP contribution is -2.40. The lowest BCUT2D eigenvalue weighted by molar-refractivity contribution is -0.125. The van der Waals surface area contributed by atoms with Crippen molar-refractivity contribution in [2.24, 2.45) is 5.92 Å². The minimum absolute atomic E-state index is 0.0157. The number of pyridine rings is 1. The molecule has 3 aromatic heterocycles. The van der Waals surface area contributed by atoms with Crippen LogP contribution in [0.5, 0.6) is 0 Å². The van der Waals surface area contributed by atoms with Crippen molar-refractivity contribution in [2.75, 3.05) is 23.3 Å². The topological polar surface area (TPSA) is 96.2 Å². The number of carbonyl (C=O) groups excluding carboxylic acids is 1. The smallest absolute Gasteiger partial charge is 0.223 e. The maximum absolute atomic E-state index is 12.5. The van der Waals surface area contributed by atoms with Gasteiger partial charge < -0.3 is 20.0 Å². The van der Waals surface area contributed by atoms with E-state index in [1.165, 1.54) is 0 Å². The second-order valence-electron chi connectivity index (χ2n) is 8.26. The maximum atomic E-state index is 12.5. The minimum Gasteiger partial charge on any atom is -0.467 e. The van der Waals surface area contributed by atoms with E-state index in [4.69, 9.17) is 16.0 Å². The monoisotopic (exact) mass is 476 g/mol. The van der Waals surface area contributed by atoms with Gasteiger partial charge in [-0.3, -0.25) is 4.79 Å². The summed E-state index contributed by atoms with van der Waals surface area (Å²) in [6, 6.07) is 13.3. The van der Waals surface area contributed by atoms with Gasteiger partial charge in [0, 0.05) is 43.0 Å². The van der Waals surface area contributed by atoms with E-state index in [1.54, 1.807) is 12.5 Å². The number of nitrogens with zero attached hydrogens (tertiary/aromatic N) is 4. The average Bonchev–Trinajstić information content (AvgIpc) is 3.40. The third kappa shape index (κ3) is 4.97. The summed E-state index contributed by atoms with van der Waals surface area (Å²) in [4.78, 5) is 28.5. The van der Waals surface area contributed by atoms with Crippen LogP contribution in [0.1, 0.15) is 24.2 Å². The number of hydrogen-bond acceptors (Lipinski definition) is 7. The van der Waals surface area contributed by atoms with Crippen molar-refractivity contribution in [1.82, 2.24) is 20.3 Å². The third-order valence-electron chi connectivity index (χ3n) is 6.07. The highest BCUT2D eigenvalue weighted by Gasteiger charge is 2.26. The number of aromatic nitrogens is 3. The summed E-state index contributed by atoms with van der Waals surface area (Å²) >= 11 is 6.24. The molecule has 8 nitrogen and oxygen atoms in total. The molecule has 4 aromatic rings. The van der Waals surface area contributed by atoms with E-state index in [2.05, 4.69) is 30.5 Å².